The second-order valence-electron chi connectivity index (χ2n) is 5.61. The highest BCUT2D eigenvalue weighted by atomic mass is 16.5. The van der Waals surface area contributed by atoms with Crippen LogP contribution in [-0.4, -0.2) is 17.1 Å². The number of hydrogen-bond acceptors (Lipinski definition) is 3. The zero-order valence-corrected chi connectivity index (χ0v) is 12.8. The van der Waals surface area contributed by atoms with Gasteiger partial charge in [-0.15, -0.1) is 0 Å². The molecular weight excluding hydrogens is 278 g/mol. The average molecular weight is 297 g/mol. The van der Waals surface area contributed by atoms with Crippen molar-refractivity contribution in [1.82, 2.24) is 4.57 Å². The highest BCUT2D eigenvalue weighted by Crippen LogP contribution is 2.32. The number of ether oxygens (including phenoxy) is 1. The molecule has 1 unspecified atom stereocenters. The molecule has 4 heteroatoms. The van der Waals surface area contributed by atoms with Crippen molar-refractivity contribution in [2.45, 2.75) is 32.7 Å². The minimum atomic E-state index is -0.549. The Morgan fingerprint density at radius 3 is 2.91 bits per heavy atom. The predicted octanol–water partition coefficient (Wildman–Crippen LogP) is 3.20. The molecular formula is C18H19NO3. The number of rotatable bonds is 2. The summed E-state index contributed by atoms with van der Waals surface area (Å²) >= 11 is 0. The van der Waals surface area contributed by atoms with Gasteiger partial charge in [0.25, 0.3) is 0 Å². The van der Waals surface area contributed by atoms with Crippen LogP contribution in [0.25, 0.3) is 11.3 Å². The number of hydrogen-bond donors (Lipinski definition) is 0. The van der Waals surface area contributed by atoms with Crippen molar-refractivity contribution in [2.24, 2.45) is 0 Å². The summed E-state index contributed by atoms with van der Waals surface area (Å²) in [4.78, 5) is 24.3. The Labute approximate surface area is 129 Å². The summed E-state index contributed by atoms with van der Waals surface area (Å²) in [6, 6.07) is 9.90. The van der Waals surface area contributed by atoms with Gasteiger partial charge in [0.2, 0.25) is 0 Å². The molecule has 0 bridgehead atoms. The van der Waals surface area contributed by atoms with Crippen molar-refractivity contribution < 1.29 is 9.53 Å². The number of aryl methyl sites for hydroxylation is 1. The van der Waals surface area contributed by atoms with E-state index in [0.717, 1.165) is 24.1 Å². The zero-order valence-electron chi connectivity index (χ0n) is 12.8. The molecule has 1 aliphatic heterocycles. The molecule has 3 rings (SSSR count). The Kier molecular flexibility index (Phi) is 3.84. The number of carbonyl (C=O) groups excluding carboxylic acids is 1. The van der Waals surface area contributed by atoms with Crippen LogP contribution in [0, 0.1) is 0 Å². The van der Waals surface area contributed by atoms with Crippen molar-refractivity contribution in [2.75, 3.05) is 6.61 Å². The highest BCUT2D eigenvalue weighted by Gasteiger charge is 2.21. The van der Waals surface area contributed by atoms with Gasteiger partial charge in [0.15, 0.2) is 5.43 Å². The molecule has 1 atom stereocenters. The average Bonchev–Trinajstić information content (AvgIpc) is 2.65. The number of benzene rings is 1. The largest absolute Gasteiger partial charge is 0.462 e. The lowest BCUT2D eigenvalue weighted by Gasteiger charge is -2.18. The van der Waals surface area contributed by atoms with Gasteiger partial charge in [-0.25, -0.2) is 4.79 Å². The van der Waals surface area contributed by atoms with E-state index in [-0.39, 0.29) is 23.6 Å². The Morgan fingerprint density at radius 1 is 1.36 bits per heavy atom. The number of esters is 1. The summed E-state index contributed by atoms with van der Waals surface area (Å²) in [6.45, 7) is 4.10. The van der Waals surface area contributed by atoms with E-state index in [1.54, 1.807) is 19.2 Å². The van der Waals surface area contributed by atoms with E-state index in [9.17, 15) is 9.59 Å². The van der Waals surface area contributed by atoms with Crippen LogP contribution in [0.5, 0.6) is 0 Å². The molecule has 0 saturated carbocycles. The smallest absolute Gasteiger partial charge is 0.343 e. The molecule has 0 fully saturated rings. The molecule has 2 aromatic rings. The fraction of sp³-hybridized carbons (Fsp3) is 0.333. The SMILES string of the molecule is CCOC(=O)c1cn2c(cc1=O)-c1ccccc1CCC2C. The van der Waals surface area contributed by atoms with E-state index >= 15 is 0 Å². The third-order valence-electron chi connectivity index (χ3n) is 4.17. The Bertz CT molecular complexity index is 776. The lowest BCUT2D eigenvalue weighted by Crippen LogP contribution is -2.21. The molecule has 0 amide bonds. The molecule has 2 heterocycles. The minimum Gasteiger partial charge on any atom is -0.462 e. The first-order valence-corrected chi connectivity index (χ1v) is 7.63. The van der Waals surface area contributed by atoms with Gasteiger partial charge >= 0.3 is 5.97 Å². The lowest BCUT2D eigenvalue weighted by atomic mass is 10.0. The van der Waals surface area contributed by atoms with Crippen LogP contribution in [0.4, 0.5) is 0 Å². The standard InChI is InChI=1S/C18H19NO3/c1-3-22-18(21)15-11-19-12(2)8-9-13-6-4-5-7-14(13)16(19)10-17(15)20/h4-7,10-12H,3,8-9H2,1-2H3. The first kappa shape index (κ1) is 14.6. The van der Waals surface area contributed by atoms with Gasteiger partial charge in [-0.3, -0.25) is 4.79 Å². The van der Waals surface area contributed by atoms with E-state index in [1.165, 1.54) is 5.56 Å². The summed E-state index contributed by atoms with van der Waals surface area (Å²) in [5.41, 5.74) is 3.01. The van der Waals surface area contributed by atoms with E-state index < -0.39 is 5.97 Å². The van der Waals surface area contributed by atoms with Crippen molar-refractivity contribution in [3.8, 4) is 11.3 Å². The number of fused-ring (bicyclic) bond motifs is 3. The summed E-state index contributed by atoms with van der Waals surface area (Å²) in [5, 5.41) is 0. The van der Waals surface area contributed by atoms with E-state index in [4.69, 9.17) is 4.74 Å². The summed E-state index contributed by atoms with van der Waals surface area (Å²) in [5.74, 6) is -0.549. The van der Waals surface area contributed by atoms with Crippen LogP contribution in [-0.2, 0) is 11.2 Å². The monoisotopic (exact) mass is 297 g/mol. The molecule has 4 nitrogen and oxygen atoms in total. The van der Waals surface area contributed by atoms with Crippen molar-refractivity contribution in [1.29, 1.82) is 0 Å². The third-order valence-corrected chi connectivity index (χ3v) is 4.17. The van der Waals surface area contributed by atoms with Crippen LogP contribution in [0.1, 0.15) is 42.2 Å². The van der Waals surface area contributed by atoms with Gasteiger partial charge in [-0.05, 0) is 32.3 Å². The van der Waals surface area contributed by atoms with Gasteiger partial charge in [0, 0.05) is 23.9 Å². The van der Waals surface area contributed by atoms with Crippen molar-refractivity contribution in [3.63, 3.8) is 0 Å². The third kappa shape index (κ3) is 2.45. The predicted molar refractivity (Wildman–Crippen MR) is 85.1 cm³/mol. The summed E-state index contributed by atoms with van der Waals surface area (Å²) in [6.07, 6.45) is 3.58. The molecule has 1 aromatic heterocycles. The lowest BCUT2D eigenvalue weighted by molar-refractivity contribution is 0.0523. The van der Waals surface area contributed by atoms with Crippen LogP contribution < -0.4 is 5.43 Å². The normalized spacial score (nSPS) is 16.4. The Morgan fingerprint density at radius 2 is 2.14 bits per heavy atom. The quantitative estimate of drug-likeness (QED) is 0.800. The topological polar surface area (TPSA) is 48.3 Å². The first-order valence-electron chi connectivity index (χ1n) is 7.63. The van der Waals surface area contributed by atoms with E-state index in [0.29, 0.717) is 0 Å². The van der Waals surface area contributed by atoms with Crippen LogP contribution in [0.3, 0.4) is 0 Å². The molecule has 1 aromatic carbocycles. The number of pyridine rings is 1. The number of aromatic nitrogens is 1. The molecule has 0 N–H and O–H groups in total. The number of carbonyl (C=O) groups is 1. The molecule has 0 radical (unpaired) electrons. The van der Waals surface area contributed by atoms with E-state index in [2.05, 4.69) is 13.0 Å². The fourth-order valence-electron chi connectivity index (χ4n) is 2.98. The van der Waals surface area contributed by atoms with Gasteiger partial charge < -0.3 is 9.30 Å². The molecule has 1 aliphatic rings. The minimum absolute atomic E-state index is 0.108. The molecule has 22 heavy (non-hydrogen) atoms. The maximum Gasteiger partial charge on any atom is 0.343 e. The Balaban J connectivity index is 2.21. The van der Waals surface area contributed by atoms with Crippen molar-refractivity contribution >= 4 is 5.97 Å². The Hall–Kier alpha value is -2.36. The maximum atomic E-state index is 12.3. The van der Waals surface area contributed by atoms with Crippen LogP contribution >= 0.6 is 0 Å². The molecule has 114 valence electrons. The molecule has 0 spiro atoms. The van der Waals surface area contributed by atoms with Crippen molar-refractivity contribution in [3.05, 3.63) is 57.9 Å². The van der Waals surface area contributed by atoms with Gasteiger partial charge in [-0.2, -0.15) is 0 Å². The van der Waals surface area contributed by atoms with Crippen LogP contribution in [0.15, 0.2) is 41.3 Å². The van der Waals surface area contributed by atoms with Gasteiger partial charge in [-0.1, -0.05) is 24.3 Å². The second kappa shape index (κ2) is 5.79. The fourth-order valence-corrected chi connectivity index (χ4v) is 2.98. The van der Waals surface area contributed by atoms with Crippen LogP contribution in [0.2, 0.25) is 0 Å². The highest BCUT2D eigenvalue weighted by molar-refractivity contribution is 5.89. The second-order valence-corrected chi connectivity index (χ2v) is 5.61. The van der Waals surface area contributed by atoms with Gasteiger partial charge in [0.05, 0.1) is 12.3 Å². The first-order chi connectivity index (χ1) is 10.6. The van der Waals surface area contributed by atoms with Gasteiger partial charge in [0.1, 0.15) is 5.56 Å². The summed E-state index contributed by atoms with van der Waals surface area (Å²) in [7, 11) is 0. The maximum absolute atomic E-state index is 12.3. The zero-order chi connectivity index (χ0) is 15.7. The molecule has 0 saturated heterocycles. The number of nitrogens with zero attached hydrogens (tertiary/aromatic N) is 1. The molecule has 0 aliphatic carbocycles. The van der Waals surface area contributed by atoms with E-state index in [1.807, 2.05) is 22.8 Å². The summed E-state index contributed by atoms with van der Waals surface area (Å²) < 4.78 is 7.01.